The van der Waals surface area contributed by atoms with Crippen LogP contribution in [0.5, 0.6) is 0 Å². The third-order valence-electron chi connectivity index (χ3n) is 3.21. The maximum Gasteiger partial charge on any atom is 0.338 e. The lowest BCUT2D eigenvalue weighted by molar-refractivity contribution is -0.0258. The number of hydrogen-bond acceptors (Lipinski definition) is 4. The van der Waals surface area contributed by atoms with E-state index >= 15 is 0 Å². The zero-order chi connectivity index (χ0) is 23.9. The van der Waals surface area contributed by atoms with Crippen molar-refractivity contribution in [1.29, 1.82) is 0 Å². The maximum atomic E-state index is 12.6. The minimum Gasteiger partial charge on any atom is -0.455 e. The molecule has 0 radical (unpaired) electrons. The Morgan fingerprint density at radius 2 is 1.24 bits per heavy atom. The van der Waals surface area contributed by atoms with Crippen LogP contribution in [0.2, 0.25) is 0 Å². The van der Waals surface area contributed by atoms with Crippen LogP contribution in [0.4, 0.5) is 17.6 Å². The molecule has 33 heavy (non-hydrogen) atoms. The predicted octanol–water partition coefficient (Wildman–Crippen LogP) is 6.80. The molecular formula is C24H29ClF4O4. The Bertz CT molecular complexity index is 829. The van der Waals surface area contributed by atoms with E-state index in [-0.39, 0.29) is 20.4 Å². The fourth-order valence-electron chi connectivity index (χ4n) is 1.51. The lowest BCUT2D eigenvalue weighted by atomic mass is 10.2. The molecule has 0 aliphatic rings. The second-order valence-electron chi connectivity index (χ2n) is 5.67. The summed E-state index contributed by atoms with van der Waals surface area (Å²) in [7, 11) is 0. The minimum atomic E-state index is -3.18. The van der Waals surface area contributed by atoms with Crippen molar-refractivity contribution < 1.29 is 37.0 Å². The van der Waals surface area contributed by atoms with Crippen molar-refractivity contribution in [3.8, 4) is 0 Å². The van der Waals surface area contributed by atoms with E-state index in [9.17, 15) is 27.2 Å². The van der Waals surface area contributed by atoms with Crippen molar-refractivity contribution in [3.05, 3.63) is 97.1 Å². The monoisotopic (exact) mass is 492 g/mol. The van der Waals surface area contributed by atoms with E-state index in [1.54, 1.807) is 42.5 Å². The zero-order valence-corrected chi connectivity index (χ0v) is 17.1. The van der Waals surface area contributed by atoms with E-state index < -0.39 is 36.3 Å². The largest absolute Gasteiger partial charge is 0.455 e. The van der Waals surface area contributed by atoms with Crippen LogP contribution in [0, 0.1) is 0 Å². The molecule has 0 saturated carbocycles. The summed E-state index contributed by atoms with van der Waals surface area (Å²) in [4.78, 5) is 21.6. The van der Waals surface area contributed by atoms with Gasteiger partial charge in [-0.15, -0.1) is 0 Å². The molecule has 2 aromatic carbocycles. The molecule has 0 unspecified atom stereocenters. The number of rotatable bonds is 7. The number of carbonyl (C=O) groups excluding carboxylic acids is 2. The van der Waals surface area contributed by atoms with Crippen molar-refractivity contribution in [1.82, 2.24) is 0 Å². The highest BCUT2D eigenvalue weighted by Crippen LogP contribution is 2.15. The molecule has 0 fully saturated rings. The molecule has 0 amide bonds. The average Bonchev–Trinajstić information content (AvgIpc) is 2.79. The zero-order valence-electron chi connectivity index (χ0n) is 16.3. The summed E-state index contributed by atoms with van der Waals surface area (Å²) in [5, 5.41) is 7.37. The van der Waals surface area contributed by atoms with Gasteiger partial charge in [0.05, 0.1) is 5.56 Å². The van der Waals surface area contributed by atoms with E-state index in [2.05, 4.69) is 17.9 Å². The Morgan fingerprint density at radius 1 is 0.848 bits per heavy atom. The van der Waals surface area contributed by atoms with E-state index in [4.69, 9.17) is 16.7 Å². The number of aliphatic hydroxyl groups is 1. The first-order chi connectivity index (χ1) is 14.5. The van der Waals surface area contributed by atoms with Crippen molar-refractivity contribution in [2.75, 3.05) is 13.2 Å². The normalized spacial score (nSPS) is 9.76. The lowest BCUT2D eigenvalue weighted by Gasteiger charge is -2.11. The van der Waals surface area contributed by atoms with Gasteiger partial charge in [0.1, 0.15) is 6.61 Å². The van der Waals surface area contributed by atoms with Gasteiger partial charge in [0.2, 0.25) is 0 Å². The van der Waals surface area contributed by atoms with Gasteiger partial charge < -0.3 is 9.84 Å². The highest BCUT2D eigenvalue weighted by atomic mass is 35.5. The number of hydrogen-bond donors (Lipinski definition) is 1. The van der Waals surface area contributed by atoms with E-state index in [1.165, 1.54) is 12.1 Å². The summed E-state index contributed by atoms with van der Waals surface area (Å²) in [6.45, 7) is 3.60. The number of ether oxygens (including phenoxy) is 1. The number of esters is 1. The molecule has 0 aliphatic carbocycles. The third-order valence-corrected chi connectivity index (χ3v) is 3.43. The minimum absolute atomic E-state index is 0. The molecule has 184 valence electrons. The van der Waals surface area contributed by atoms with Crippen LogP contribution in [0.3, 0.4) is 0 Å². The molecule has 0 saturated heterocycles. The Kier molecular flexibility index (Phi) is 18.4. The Morgan fingerprint density at radius 3 is 1.52 bits per heavy atom. The summed E-state index contributed by atoms with van der Waals surface area (Å²) in [5.74, 6) is -7.04. The van der Waals surface area contributed by atoms with E-state index in [0.717, 1.165) is 0 Å². The molecule has 0 bridgehead atoms. The second kappa shape index (κ2) is 17.6. The molecule has 0 atom stereocenters. The van der Waals surface area contributed by atoms with Gasteiger partial charge >= 0.3 is 5.97 Å². The topological polar surface area (TPSA) is 63.6 Å². The molecule has 0 spiro atoms. The molecular weight excluding hydrogens is 464 g/mol. The fourth-order valence-corrected chi connectivity index (χ4v) is 1.64. The maximum absolute atomic E-state index is 12.6. The highest BCUT2D eigenvalue weighted by Gasteiger charge is 2.26. The quantitative estimate of drug-likeness (QED) is 0.200. The third kappa shape index (κ3) is 16.3. The van der Waals surface area contributed by atoms with Gasteiger partial charge in [-0.2, -0.15) is 17.6 Å². The van der Waals surface area contributed by atoms with Gasteiger partial charge in [0.25, 0.3) is 17.1 Å². The predicted molar refractivity (Wildman–Crippen MR) is 124 cm³/mol. The van der Waals surface area contributed by atoms with Crippen molar-refractivity contribution in [3.63, 3.8) is 0 Å². The molecule has 2 aromatic rings. The van der Waals surface area contributed by atoms with Crippen LogP contribution >= 0.6 is 11.6 Å². The summed E-state index contributed by atoms with van der Waals surface area (Å²) in [6.07, 6.45) is 0.859. The summed E-state index contributed by atoms with van der Waals surface area (Å²) >= 11 is 5.16. The number of alkyl halides is 4. The number of aliphatic hydroxyl groups excluding tert-OH is 1. The SMILES string of the molecule is C.C.C=CC(F)(F)CO.C=CC(F)(F)COC(=O)c1ccccc1.O=C(Cl)c1ccccc1. The average molecular weight is 493 g/mol. The van der Waals surface area contributed by atoms with Crippen LogP contribution in [0.25, 0.3) is 0 Å². The molecule has 4 nitrogen and oxygen atoms in total. The van der Waals surface area contributed by atoms with E-state index in [0.29, 0.717) is 17.7 Å². The van der Waals surface area contributed by atoms with Crippen LogP contribution in [-0.2, 0) is 4.74 Å². The van der Waals surface area contributed by atoms with Gasteiger partial charge in [0, 0.05) is 5.56 Å². The summed E-state index contributed by atoms with van der Waals surface area (Å²) in [5.41, 5.74) is 0.788. The van der Waals surface area contributed by atoms with Crippen LogP contribution in [0.15, 0.2) is 86.0 Å². The molecule has 9 heteroatoms. The molecule has 0 aromatic heterocycles. The van der Waals surface area contributed by atoms with Crippen molar-refractivity contribution in [2.45, 2.75) is 26.7 Å². The van der Waals surface area contributed by atoms with Gasteiger partial charge in [-0.05, 0) is 35.9 Å². The van der Waals surface area contributed by atoms with E-state index in [1.807, 2.05) is 6.07 Å². The second-order valence-corrected chi connectivity index (χ2v) is 6.01. The Balaban J connectivity index is -0.000000432. The highest BCUT2D eigenvalue weighted by molar-refractivity contribution is 6.67. The number of carbonyl (C=O) groups is 2. The standard InChI is InChI=1S/C11H10F2O2.C7H5ClO.C4H6F2O.2CH4/c1-2-11(12,13)8-15-10(14)9-6-4-3-5-7-9;8-7(9)6-4-2-1-3-5-6;1-2-4(5,6)3-7;;/h2-7H,1,8H2;1-5H;2,7H,1,3H2;2*1H4. The number of benzene rings is 2. The first kappa shape index (κ1) is 34.6. The van der Waals surface area contributed by atoms with Gasteiger partial charge in [-0.3, -0.25) is 4.79 Å². The summed E-state index contributed by atoms with van der Waals surface area (Å²) < 4.78 is 52.7. The van der Waals surface area contributed by atoms with Crippen LogP contribution < -0.4 is 0 Å². The first-order valence-electron chi connectivity index (χ1n) is 8.58. The van der Waals surface area contributed by atoms with Crippen molar-refractivity contribution in [2.24, 2.45) is 0 Å². The Hall–Kier alpha value is -2.97. The number of halogens is 5. The Labute approximate surface area is 197 Å². The molecule has 0 heterocycles. The smallest absolute Gasteiger partial charge is 0.338 e. The van der Waals surface area contributed by atoms with Crippen LogP contribution in [-0.4, -0.2) is 41.4 Å². The first-order valence-corrected chi connectivity index (χ1v) is 8.96. The molecule has 0 aliphatic heterocycles. The summed E-state index contributed by atoms with van der Waals surface area (Å²) in [6, 6.07) is 16.7. The molecule has 1 N–H and O–H groups in total. The lowest BCUT2D eigenvalue weighted by Crippen LogP contribution is -2.22. The van der Waals surface area contributed by atoms with Crippen LogP contribution in [0.1, 0.15) is 35.6 Å². The van der Waals surface area contributed by atoms with Gasteiger partial charge in [-0.1, -0.05) is 76.5 Å². The fraction of sp³-hybridized carbons (Fsp3) is 0.250. The van der Waals surface area contributed by atoms with Crippen molar-refractivity contribution >= 4 is 22.8 Å². The molecule has 2 rings (SSSR count). The van der Waals surface area contributed by atoms with Gasteiger partial charge in [-0.25, -0.2) is 4.79 Å². The van der Waals surface area contributed by atoms with Gasteiger partial charge in [0.15, 0.2) is 6.61 Å².